The fourth-order valence-corrected chi connectivity index (χ4v) is 3.94. The number of carbonyl (C=O) groups excluding carboxylic acids is 2. The number of carbonyl (C=O) groups is 2. The molecule has 1 saturated heterocycles. The maximum Gasteiger partial charge on any atom is 0.232 e. The van der Waals surface area contributed by atoms with E-state index in [0.717, 1.165) is 37.1 Å². The Morgan fingerprint density at radius 2 is 1.85 bits per heavy atom. The monoisotopic (exact) mass is 370 g/mol. The standard InChI is InChI=1S/C21H20F2N2O2/c1-24(16-7-8-18(22)19(23)11-16)21(27)15-10-20(26)25(12-15)17-6-5-13-3-2-4-14(13)9-17/h5-9,11,15H,2-4,10,12H2,1H3. The molecule has 140 valence electrons. The second-order valence-corrected chi connectivity index (χ2v) is 7.21. The molecule has 0 spiro atoms. The minimum absolute atomic E-state index is 0.0926. The normalized spacial score (nSPS) is 18.7. The first-order valence-corrected chi connectivity index (χ1v) is 9.09. The van der Waals surface area contributed by atoms with Gasteiger partial charge >= 0.3 is 0 Å². The summed E-state index contributed by atoms with van der Waals surface area (Å²) in [6, 6.07) is 9.38. The first-order valence-electron chi connectivity index (χ1n) is 9.09. The van der Waals surface area contributed by atoms with Gasteiger partial charge in [-0.05, 0) is 54.7 Å². The third-order valence-corrected chi connectivity index (χ3v) is 5.49. The van der Waals surface area contributed by atoms with Gasteiger partial charge in [-0.1, -0.05) is 6.07 Å². The van der Waals surface area contributed by atoms with Crippen LogP contribution in [-0.4, -0.2) is 25.4 Å². The molecule has 0 saturated carbocycles. The van der Waals surface area contributed by atoms with Gasteiger partial charge in [-0.3, -0.25) is 9.59 Å². The molecule has 4 nitrogen and oxygen atoms in total. The topological polar surface area (TPSA) is 40.6 Å². The number of anilines is 2. The maximum atomic E-state index is 13.5. The number of amides is 2. The zero-order valence-corrected chi connectivity index (χ0v) is 15.0. The fraction of sp³-hybridized carbons (Fsp3) is 0.333. The maximum absolute atomic E-state index is 13.5. The molecule has 0 radical (unpaired) electrons. The largest absolute Gasteiger partial charge is 0.315 e. The zero-order valence-electron chi connectivity index (χ0n) is 15.0. The molecular formula is C21H20F2N2O2. The zero-order chi connectivity index (χ0) is 19.1. The summed E-state index contributed by atoms with van der Waals surface area (Å²) in [4.78, 5) is 28.2. The summed E-state index contributed by atoms with van der Waals surface area (Å²) in [7, 11) is 1.51. The molecule has 0 aromatic heterocycles. The Balaban J connectivity index is 1.51. The lowest BCUT2D eigenvalue weighted by Gasteiger charge is -2.22. The van der Waals surface area contributed by atoms with Crippen molar-refractivity contribution < 1.29 is 18.4 Å². The van der Waals surface area contributed by atoms with Gasteiger partial charge in [-0.2, -0.15) is 0 Å². The lowest BCUT2D eigenvalue weighted by molar-refractivity contribution is -0.124. The van der Waals surface area contributed by atoms with Crippen molar-refractivity contribution in [1.82, 2.24) is 0 Å². The number of halogens is 2. The van der Waals surface area contributed by atoms with Crippen LogP contribution < -0.4 is 9.80 Å². The fourth-order valence-electron chi connectivity index (χ4n) is 3.94. The third-order valence-electron chi connectivity index (χ3n) is 5.49. The van der Waals surface area contributed by atoms with Crippen LogP contribution in [0.5, 0.6) is 0 Å². The molecule has 1 aliphatic carbocycles. The van der Waals surface area contributed by atoms with Crippen LogP contribution in [0.3, 0.4) is 0 Å². The average molecular weight is 370 g/mol. The molecule has 2 aliphatic rings. The smallest absolute Gasteiger partial charge is 0.232 e. The van der Waals surface area contributed by atoms with Gasteiger partial charge in [-0.15, -0.1) is 0 Å². The lowest BCUT2D eigenvalue weighted by atomic mass is 10.1. The van der Waals surface area contributed by atoms with Crippen LogP contribution in [0, 0.1) is 17.6 Å². The Morgan fingerprint density at radius 1 is 1.07 bits per heavy atom. The summed E-state index contributed by atoms with van der Waals surface area (Å²) in [5.41, 5.74) is 3.69. The molecule has 4 rings (SSSR count). The molecule has 0 N–H and O–H groups in total. The summed E-state index contributed by atoms with van der Waals surface area (Å²) in [6.45, 7) is 0.296. The van der Waals surface area contributed by atoms with E-state index in [1.54, 1.807) is 4.90 Å². The molecule has 6 heteroatoms. The molecule has 0 bridgehead atoms. The Morgan fingerprint density at radius 3 is 2.63 bits per heavy atom. The van der Waals surface area contributed by atoms with E-state index >= 15 is 0 Å². The Labute approximate surface area is 156 Å². The number of benzene rings is 2. The van der Waals surface area contributed by atoms with Gasteiger partial charge in [0.15, 0.2) is 11.6 Å². The molecule has 2 aromatic carbocycles. The van der Waals surface area contributed by atoms with E-state index in [0.29, 0.717) is 6.54 Å². The highest BCUT2D eigenvalue weighted by Gasteiger charge is 2.37. The van der Waals surface area contributed by atoms with Crippen molar-refractivity contribution >= 4 is 23.2 Å². The summed E-state index contributed by atoms with van der Waals surface area (Å²) in [6.07, 6.45) is 3.34. The first kappa shape index (κ1) is 17.6. The van der Waals surface area contributed by atoms with Crippen LogP contribution in [-0.2, 0) is 22.4 Å². The summed E-state index contributed by atoms with van der Waals surface area (Å²) >= 11 is 0. The number of hydrogen-bond acceptors (Lipinski definition) is 2. The van der Waals surface area contributed by atoms with Gasteiger partial charge in [0.05, 0.1) is 5.92 Å². The van der Waals surface area contributed by atoms with Crippen LogP contribution in [0.1, 0.15) is 24.0 Å². The Bertz CT molecular complexity index is 928. The van der Waals surface area contributed by atoms with E-state index in [2.05, 4.69) is 6.07 Å². The molecule has 2 aromatic rings. The first-order chi connectivity index (χ1) is 12.9. The van der Waals surface area contributed by atoms with Crippen molar-refractivity contribution in [3.8, 4) is 0 Å². The number of hydrogen-bond donors (Lipinski definition) is 0. The summed E-state index contributed by atoms with van der Waals surface area (Å²) < 4.78 is 26.6. The third kappa shape index (κ3) is 3.20. The molecule has 1 atom stereocenters. The molecule has 1 unspecified atom stereocenters. The van der Waals surface area contributed by atoms with Crippen molar-refractivity contribution in [2.75, 3.05) is 23.4 Å². The van der Waals surface area contributed by atoms with Gasteiger partial charge in [0, 0.05) is 37.5 Å². The minimum Gasteiger partial charge on any atom is -0.315 e. The van der Waals surface area contributed by atoms with Crippen LogP contribution in [0.15, 0.2) is 36.4 Å². The highest BCUT2D eigenvalue weighted by Crippen LogP contribution is 2.31. The molecule has 2 amide bonds. The quantitative estimate of drug-likeness (QED) is 0.830. The lowest BCUT2D eigenvalue weighted by Crippen LogP contribution is -2.34. The predicted molar refractivity (Wildman–Crippen MR) is 98.7 cm³/mol. The second-order valence-electron chi connectivity index (χ2n) is 7.21. The van der Waals surface area contributed by atoms with Crippen molar-refractivity contribution in [2.24, 2.45) is 5.92 Å². The highest BCUT2D eigenvalue weighted by atomic mass is 19.2. The van der Waals surface area contributed by atoms with Crippen LogP contribution in [0.25, 0.3) is 0 Å². The van der Waals surface area contributed by atoms with E-state index < -0.39 is 17.6 Å². The van der Waals surface area contributed by atoms with E-state index in [-0.39, 0.29) is 23.9 Å². The molecular weight excluding hydrogens is 350 g/mol. The van der Waals surface area contributed by atoms with Crippen molar-refractivity contribution in [1.29, 1.82) is 0 Å². The van der Waals surface area contributed by atoms with Crippen molar-refractivity contribution in [3.05, 3.63) is 59.2 Å². The van der Waals surface area contributed by atoms with E-state index in [9.17, 15) is 18.4 Å². The van der Waals surface area contributed by atoms with E-state index in [1.807, 2.05) is 12.1 Å². The van der Waals surface area contributed by atoms with Gasteiger partial charge in [0.25, 0.3) is 0 Å². The average Bonchev–Trinajstić information content (AvgIpc) is 3.28. The van der Waals surface area contributed by atoms with Crippen molar-refractivity contribution in [2.45, 2.75) is 25.7 Å². The van der Waals surface area contributed by atoms with Gasteiger partial charge < -0.3 is 9.80 Å². The Kier molecular flexibility index (Phi) is 4.42. The van der Waals surface area contributed by atoms with Crippen LogP contribution >= 0.6 is 0 Å². The molecule has 1 heterocycles. The summed E-state index contributed by atoms with van der Waals surface area (Å²) in [5, 5.41) is 0. The molecule has 1 aliphatic heterocycles. The van der Waals surface area contributed by atoms with Crippen LogP contribution in [0.2, 0.25) is 0 Å². The number of fused-ring (bicyclic) bond motifs is 1. The SMILES string of the molecule is CN(C(=O)C1CC(=O)N(c2ccc3c(c2)CCC3)C1)c1ccc(F)c(F)c1. The Hall–Kier alpha value is -2.76. The van der Waals surface area contributed by atoms with E-state index in [4.69, 9.17) is 0 Å². The van der Waals surface area contributed by atoms with E-state index in [1.165, 1.54) is 29.1 Å². The molecule has 27 heavy (non-hydrogen) atoms. The molecule has 1 fully saturated rings. The number of nitrogens with zero attached hydrogens (tertiary/aromatic N) is 2. The predicted octanol–water partition coefficient (Wildman–Crippen LogP) is 3.47. The minimum atomic E-state index is -1.01. The number of rotatable bonds is 3. The summed E-state index contributed by atoms with van der Waals surface area (Å²) in [5.74, 6) is -2.85. The van der Waals surface area contributed by atoms with Crippen LogP contribution in [0.4, 0.5) is 20.2 Å². The number of aryl methyl sites for hydroxylation is 2. The van der Waals surface area contributed by atoms with Gasteiger partial charge in [-0.25, -0.2) is 8.78 Å². The van der Waals surface area contributed by atoms with Crippen molar-refractivity contribution in [3.63, 3.8) is 0 Å². The second kappa shape index (κ2) is 6.76. The van der Waals surface area contributed by atoms with Gasteiger partial charge in [0.1, 0.15) is 0 Å². The highest BCUT2D eigenvalue weighted by molar-refractivity contribution is 6.04. The van der Waals surface area contributed by atoms with Gasteiger partial charge in [0.2, 0.25) is 11.8 Å².